The minimum absolute atomic E-state index is 0.267. The van der Waals surface area contributed by atoms with Crippen molar-refractivity contribution >= 4 is 22.8 Å². The number of carboxylic acid groups (broad SMARTS) is 1. The molecule has 0 amide bonds. The van der Waals surface area contributed by atoms with E-state index in [9.17, 15) is 4.79 Å². The van der Waals surface area contributed by atoms with Gasteiger partial charge in [-0.3, -0.25) is 0 Å². The van der Waals surface area contributed by atoms with Crippen LogP contribution < -0.4 is 0 Å². The summed E-state index contributed by atoms with van der Waals surface area (Å²) in [5.41, 5.74) is 0. The predicted octanol–water partition coefficient (Wildman–Crippen LogP) is -0.0846. The number of aryl methyl sites for hydroxylation is 1. The van der Waals surface area contributed by atoms with Crippen LogP contribution in [0.5, 0.6) is 0 Å². The first-order valence-electron chi connectivity index (χ1n) is 3.94. The molecule has 1 N–H and O–H groups in total. The van der Waals surface area contributed by atoms with Crippen LogP contribution in [0.2, 0.25) is 4.71 Å². The number of carbonyl (C=O) groups is 1. The van der Waals surface area contributed by atoms with Gasteiger partial charge in [-0.15, -0.1) is 0 Å². The van der Waals surface area contributed by atoms with Crippen LogP contribution in [0.15, 0.2) is 18.5 Å². The first kappa shape index (κ1) is 10.2. The van der Waals surface area contributed by atoms with Crippen molar-refractivity contribution in [2.24, 2.45) is 0 Å². The van der Waals surface area contributed by atoms with Gasteiger partial charge in [0.05, 0.1) is 0 Å². The summed E-state index contributed by atoms with van der Waals surface area (Å²) in [5.74, 6) is -0.0256. The molecule has 0 fully saturated rings. The molecule has 5 heteroatoms. The first-order chi connectivity index (χ1) is 6.20. The molecule has 0 aliphatic rings. The molecule has 0 saturated carbocycles. The Morgan fingerprint density at radius 2 is 2.15 bits per heavy atom. The second kappa shape index (κ2) is 4.97. The normalized spacial score (nSPS) is 12.4. The zero-order valence-electron chi connectivity index (χ0n) is 7.05. The van der Waals surface area contributed by atoms with E-state index < -0.39 is 5.97 Å². The van der Waals surface area contributed by atoms with Gasteiger partial charge < -0.3 is 0 Å². The van der Waals surface area contributed by atoms with Gasteiger partial charge in [0, 0.05) is 0 Å². The molecule has 0 radical (unpaired) electrons. The predicted molar refractivity (Wildman–Crippen MR) is 50.3 cm³/mol. The van der Waals surface area contributed by atoms with Crippen molar-refractivity contribution in [2.45, 2.75) is 17.5 Å². The standard InChI is InChI=1S/C8H11AsN2O2/c9-6(8(12)13)2-3-7-10-4-1-5-11-7/h1,4-6H,2-3,9H2,(H,12,13). The molecule has 0 spiro atoms. The van der Waals surface area contributed by atoms with Gasteiger partial charge in [0.15, 0.2) is 0 Å². The van der Waals surface area contributed by atoms with Gasteiger partial charge in [-0.2, -0.15) is 0 Å². The summed E-state index contributed by atoms with van der Waals surface area (Å²) in [6.45, 7) is 0. The van der Waals surface area contributed by atoms with Crippen molar-refractivity contribution in [1.29, 1.82) is 0 Å². The fourth-order valence-electron chi connectivity index (χ4n) is 0.867. The van der Waals surface area contributed by atoms with Crippen molar-refractivity contribution < 1.29 is 9.90 Å². The van der Waals surface area contributed by atoms with E-state index in [1.54, 1.807) is 18.5 Å². The summed E-state index contributed by atoms with van der Waals surface area (Å²) in [6, 6.07) is 1.74. The van der Waals surface area contributed by atoms with E-state index in [0.29, 0.717) is 18.7 Å². The van der Waals surface area contributed by atoms with Crippen LogP contribution in [0.1, 0.15) is 12.2 Å². The number of carboxylic acids is 1. The Labute approximate surface area is 84.9 Å². The van der Waals surface area contributed by atoms with E-state index in [1.165, 1.54) is 16.9 Å². The molecule has 2 unspecified atom stereocenters. The average molecular weight is 242 g/mol. The zero-order chi connectivity index (χ0) is 9.68. The zero-order valence-corrected chi connectivity index (χ0v) is 9.47. The summed E-state index contributed by atoms with van der Waals surface area (Å²) in [4.78, 5) is 18.5. The van der Waals surface area contributed by atoms with Gasteiger partial charge >= 0.3 is 84.5 Å². The Bertz CT molecular complexity index is 279. The maximum atomic E-state index is 10.5. The van der Waals surface area contributed by atoms with E-state index in [-0.39, 0.29) is 4.71 Å². The van der Waals surface area contributed by atoms with Crippen molar-refractivity contribution in [3.8, 4) is 0 Å². The molecule has 4 nitrogen and oxygen atoms in total. The SMILES string of the molecule is O=C(O)C([AsH2])CCc1ncccn1. The third kappa shape index (κ3) is 3.55. The monoisotopic (exact) mass is 242 g/mol. The number of aliphatic carboxylic acids is 1. The summed E-state index contributed by atoms with van der Waals surface area (Å²) in [5, 5.41) is 8.63. The van der Waals surface area contributed by atoms with Gasteiger partial charge in [-0.25, -0.2) is 0 Å². The van der Waals surface area contributed by atoms with Gasteiger partial charge in [-0.1, -0.05) is 0 Å². The second-order valence-electron chi connectivity index (χ2n) is 2.65. The molecule has 1 heterocycles. The number of hydrogen-bond donors (Lipinski definition) is 1. The molecule has 70 valence electrons. The maximum absolute atomic E-state index is 10.5. The van der Waals surface area contributed by atoms with E-state index in [1.807, 2.05) is 0 Å². The Morgan fingerprint density at radius 1 is 1.54 bits per heavy atom. The molecule has 0 aliphatic heterocycles. The number of aromatic nitrogens is 2. The third-order valence-corrected chi connectivity index (χ3v) is 2.91. The molecule has 0 aromatic carbocycles. The van der Waals surface area contributed by atoms with E-state index >= 15 is 0 Å². The van der Waals surface area contributed by atoms with Crippen molar-refractivity contribution in [1.82, 2.24) is 9.97 Å². The van der Waals surface area contributed by atoms with Crippen molar-refractivity contribution in [3.05, 3.63) is 24.3 Å². The van der Waals surface area contributed by atoms with Gasteiger partial charge in [0.2, 0.25) is 0 Å². The Balaban J connectivity index is 2.39. The average Bonchev–Trinajstić information content (AvgIpc) is 2.15. The molecule has 1 rings (SSSR count). The van der Waals surface area contributed by atoms with Crippen molar-refractivity contribution in [3.63, 3.8) is 0 Å². The minimum atomic E-state index is -0.740. The summed E-state index contributed by atoms with van der Waals surface area (Å²) < 4.78 is -0.267. The number of hydrogen-bond acceptors (Lipinski definition) is 3. The molecular formula is C8H11AsN2O2. The molecule has 1 aromatic heterocycles. The molecule has 0 bridgehead atoms. The van der Waals surface area contributed by atoms with Gasteiger partial charge in [0.1, 0.15) is 0 Å². The van der Waals surface area contributed by atoms with E-state index in [0.717, 1.165) is 0 Å². The molecule has 0 saturated heterocycles. The molecule has 2 atom stereocenters. The van der Waals surface area contributed by atoms with Crippen LogP contribution in [-0.4, -0.2) is 37.9 Å². The molecule has 0 aliphatic carbocycles. The summed E-state index contributed by atoms with van der Waals surface area (Å²) in [7, 11) is 0. The quantitative estimate of drug-likeness (QED) is 0.750. The first-order valence-corrected chi connectivity index (χ1v) is 5.34. The number of rotatable bonds is 4. The Kier molecular flexibility index (Phi) is 3.90. The summed E-state index contributed by atoms with van der Waals surface area (Å²) >= 11 is 1.23. The van der Waals surface area contributed by atoms with Gasteiger partial charge in [-0.05, 0) is 0 Å². The van der Waals surface area contributed by atoms with Crippen LogP contribution in [0.3, 0.4) is 0 Å². The molecule has 13 heavy (non-hydrogen) atoms. The number of nitrogens with zero attached hydrogens (tertiary/aromatic N) is 2. The van der Waals surface area contributed by atoms with Crippen LogP contribution >= 0.6 is 0 Å². The Morgan fingerprint density at radius 3 is 2.69 bits per heavy atom. The van der Waals surface area contributed by atoms with E-state index in [4.69, 9.17) is 5.11 Å². The van der Waals surface area contributed by atoms with Crippen LogP contribution in [0.4, 0.5) is 0 Å². The fraction of sp³-hybridized carbons (Fsp3) is 0.375. The topological polar surface area (TPSA) is 63.1 Å². The van der Waals surface area contributed by atoms with Crippen LogP contribution in [0, 0.1) is 0 Å². The second-order valence-corrected chi connectivity index (χ2v) is 4.34. The Hall–Kier alpha value is -0.892. The van der Waals surface area contributed by atoms with Crippen molar-refractivity contribution in [2.75, 3.05) is 0 Å². The van der Waals surface area contributed by atoms with Crippen LogP contribution in [0.25, 0.3) is 0 Å². The van der Waals surface area contributed by atoms with Crippen LogP contribution in [-0.2, 0) is 11.2 Å². The fourth-order valence-corrected chi connectivity index (χ4v) is 1.22. The van der Waals surface area contributed by atoms with Gasteiger partial charge in [0.25, 0.3) is 0 Å². The third-order valence-electron chi connectivity index (χ3n) is 1.62. The summed E-state index contributed by atoms with van der Waals surface area (Å²) in [6.07, 6.45) is 4.58. The van der Waals surface area contributed by atoms with E-state index in [2.05, 4.69) is 9.97 Å². The molecule has 1 aromatic rings. The molecular weight excluding hydrogens is 231 g/mol.